The van der Waals surface area contributed by atoms with E-state index in [2.05, 4.69) is 22.3 Å². The number of hydrogen-bond acceptors (Lipinski definition) is 4. The molecule has 1 amide bonds. The van der Waals surface area contributed by atoms with Crippen molar-refractivity contribution in [2.45, 2.75) is 43.7 Å². The van der Waals surface area contributed by atoms with Gasteiger partial charge in [-0.2, -0.15) is 0 Å². The van der Waals surface area contributed by atoms with E-state index < -0.39 is 9.84 Å². The minimum absolute atomic E-state index is 0.000436. The van der Waals surface area contributed by atoms with Crippen LogP contribution in [0.1, 0.15) is 30.4 Å². The SMILES string of the molecule is Cc1ccc(S(=O)(=O)CCC(=O)NC2CCN(Cc3ccccc3)CC2)cc1. The van der Waals surface area contributed by atoms with Gasteiger partial charge in [-0.1, -0.05) is 48.0 Å². The smallest absolute Gasteiger partial charge is 0.221 e. The molecule has 0 bridgehead atoms. The standard InChI is InChI=1S/C22H28N2O3S/c1-18-7-9-21(10-8-18)28(26,27)16-13-22(25)23-20-11-14-24(15-12-20)17-19-5-3-2-4-6-19/h2-10,20H,11-17H2,1H3,(H,23,25). The molecule has 3 rings (SSSR count). The van der Waals surface area contributed by atoms with E-state index >= 15 is 0 Å². The summed E-state index contributed by atoms with van der Waals surface area (Å²) in [5.41, 5.74) is 2.31. The molecular formula is C22H28N2O3S. The summed E-state index contributed by atoms with van der Waals surface area (Å²) in [5.74, 6) is -0.341. The molecule has 0 saturated carbocycles. The van der Waals surface area contributed by atoms with Crippen molar-refractivity contribution in [3.63, 3.8) is 0 Å². The zero-order chi connectivity index (χ0) is 20.0. The van der Waals surface area contributed by atoms with E-state index in [4.69, 9.17) is 0 Å². The van der Waals surface area contributed by atoms with Gasteiger partial charge in [0.15, 0.2) is 9.84 Å². The lowest BCUT2D eigenvalue weighted by atomic mass is 10.0. The van der Waals surface area contributed by atoms with Crippen molar-refractivity contribution in [1.82, 2.24) is 10.2 Å². The number of nitrogens with zero attached hydrogens (tertiary/aromatic N) is 1. The van der Waals surface area contributed by atoms with Crippen LogP contribution in [0, 0.1) is 6.92 Å². The van der Waals surface area contributed by atoms with E-state index in [1.807, 2.05) is 25.1 Å². The van der Waals surface area contributed by atoms with Crippen LogP contribution >= 0.6 is 0 Å². The monoisotopic (exact) mass is 400 g/mol. The summed E-state index contributed by atoms with van der Waals surface area (Å²) in [5, 5.41) is 3.01. The molecule has 1 aliphatic rings. The number of sulfone groups is 1. The summed E-state index contributed by atoms with van der Waals surface area (Å²) in [4.78, 5) is 14.9. The molecule has 5 nitrogen and oxygen atoms in total. The van der Waals surface area contributed by atoms with Crippen LogP contribution in [0.15, 0.2) is 59.5 Å². The number of carbonyl (C=O) groups is 1. The third kappa shape index (κ3) is 5.91. The summed E-state index contributed by atoms with van der Waals surface area (Å²) in [6.07, 6.45) is 1.78. The molecule has 0 radical (unpaired) electrons. The number of likely N-dealkylation sites (tertiary alicyclic amines) is 1. The van der Waals surface area contributed by atoms with Crippen LogP contribution in [0.3, 0.4) is 0 Å². The zero-order valence-corrected chi connectivity index (χ0v) is 17.1. The number of amides is 1. The zero-order valence-electron chi connectivity index (χ0n) is 16.3. The Hall–Kier alpha value is -2.18. The van der Waals surface area contributed by atoms with Gasteiger partial charge in [0.2, 0.25) is 5.91 Å². The summed E-state index contributed by atoms with van der Waals surface area (Å²) in [6, 6.07) is 17.2. The molecule has 1 fully saturated rings. The lowest BCUT2D eigenvalue weighted by Crippen LogP contribution is -2.44. The highest BCUT2D eigenvalue weighted by Gasteiger charge is 2.22. The summed E-state index contributed by atoms with van der Waals surface area (Å²) in [7, 11) is -3.43. The molecule has 1 aliphatic heterocycles. The minimum atomic E-state index is -3.43. The third-order valence-electron chi connectivity index (χ3n) is 5.18. The molecule has 1 heterocycles. The van der Waals surface area contributed by atoms with Crippen LogP contribution < -0.4 is 5.32 Å². The summed E-state index contributed by atoms with van der Waals surface area (Å²) >= 11 is 0. The van der Waals surface area contributed by atoms with Gasteiger partial charge >= 0.3 is 0 Å². The Kier molecular flexibility index (Phi) is 6.86. The first-order valence-electron chi connectivity index (χ1n) is 9.77. The fourth-order valence-electron chi connectivity index (χ4n) is 3.47. The number of hydrogen-bond donors (Lipinski definition) is 1. The van der Waals surface area contributed by atoms with Crippen molar-refractivity contribution in [3.05, 3.63) is 65.7 Å². The van der Waals surface area contributed by atoms with Gasteiger partial charge in [0.05, 0.1) is 10.6 Å². The van der Waals surface area contributed by atoms with Crippen LogP contribution in [-0.2, 0) is 21.2 Å². The van der Waals surface area contributed by atoms with Gasteiger partial charge in [-0.15, -0.1) is 0 Å². The van der Waals surface area contributed by atoms with Crippen LogP contribution in [0.5, 0.6) is 0 Å². The lowest BCUT2D eigenvalue weighted by molar-refractivity contribution is -0.121. The number of rotatable bonds is 7. The fraction of sp³-hybridized carbons (Fsp3) is 0.409. The van der Waals surface area contributed by atoms with Gasteiger partial charge in [0, 0.05) is 32.1 Å². The Labute approximate surface area is 167 Å². The van der Waals surface area contributed by atoms with Gasteiger partial charge in [-0.25, -0.2) is 8.42 Å². The predicted molar refractivity (Wildman–Crippen MR) is 111 cm³/mol. The van der Waals surface area contributed by atoms with Gasteiger partial charge < -0.3 is 5.32 Å². The Morgan fingerprint density at radius 1 is 1.04 bits per heavy atom. The maximum atomic E-state index is 12.4. The van der Waals surface area contributed by atoms with Crippen molar-refractivity contribution in [2.75, 3.05) is 18.8 Å². The van der Waals surface area contributed by atoms with Gasteiger partial charge in [0.25, 0.3) is 0 Å². The topological polar surface area (TPSA) is 66.5 Å². The van der Waals surface area contributed by atoms with E-state index in [-0.39, 0.29) is 29.0 Å². The van der Waals surface area contributed by atoms with E-state index in [9.17, 15) is 13.2 Å². The number of nitrogens with one attached hydrogen (secondary N) is 1. The first kappa shape index (κ1) is 20.6. The fourth-order valence-corrected chi connectivity index (χ4v) is 4.71. The maximum absolute atomic E-state index is 12.4. The van der Waals surface area contributed by atoms with E-state index in [0.717, 1.165) is 38.0 Å². The molecule has 1 saturated heterocycles. The third-order valence-corrected chi connectivity index (χ3v) is 6.91. The van der Waals surface area contributed by atoms with Gasteiger partial charge in [-0.05, 0) is 37.5 Å². The molecule has 0 spiro atoms. The van der Waals surface area contributed by atoms with Gasteiger partial charge in [0.1, 0.15) is 0 Å². The summed E-state index contributed by atoms with van der Waals surface area (Å²) < 4.78 is 24.7. The molecule has 28 heavy (non-hydrogen) atoms. The second kappa shape index (κ2) is 9.34. The second-order valence-electron chi connectivity index (χ2n) is 7.49. The van der Waals surface area contributed by atoms with Crippen LogP contribution in [0.4, 0.5) is 0 Å². The Morgan fingerprint density at radius 2 is 1.68 bits per heavy atom. The Bertz CT molecular complexity index is 872. The molecule has 6 heteroatoms. The quantitative estimate of drug-likeness (QED) is 0.776. The molecule has 0 aliphatic carbocycles. The molecule has 2 aromatic rings. The van der Waals surface area contributed by atoms with Crippen molar-refractivity contribution < 1.29 is 13.2 Å². The van der Waals surface area contributed by atoms with Crippen molar-refractivity contribution in [2.24, 2.45) is 0 Å². The Morgan fingerprint density at radius 3 is 2.32 bits per heavy atom. The van der Waals surface area contributed by atoms with E-state index in [1.165, 1.54) is 5.56 Å². The number of aryl methyl sites for hydroxylation is 1. The highest BCUT2D eigenvalue weighted by atomic mass is 32.2. The molecule has 0 atom stereocenters. The highest BCUT2D eigenvalue weighted by Crippen LogP contribution is 2.15. The van der Waals surface area contributed by atoms with Crippen LogP contribution in [0.2, 0.25) is 0 Å². The molecule has 150 valence electrons. The second-order valence-corrected chi connectivity index (χ2v) is 9.59. The Balaban J connectivity index is 1.41. The molecule has 0 unspecified atom stereocenters. The van der Waals surface area contributed by atoms with Gasteiger partial charge in [-0.3, -0.25) is 9.69 Å². The first-order valence-corrected chi connectivity index (χ1v) is 11.4. The summed E-state index contributed by atoms with van der Waals surface area (Å²) in [6.45, 7) is 4.70. The van der Waals surface area contributed by atoms with E-state index in [0.29, 0.717) is 0 Å². The number of benzene rings is 2. The van der Waals surface area contributed by atoms with Crippen LogP contribution in [-0.4, -0.2) is 44.1 Å². The van der Waals surface area contributed by atoms with Crippen molar-refractivity contribution in [3.8, 4) is 0 Å². The molecule has 1 N–H and O–H groups in total. The highest BCUT2D eigenvalue weighted by molar-refractivity contribution is 7.91. The molecular weight excluding hydrogens is 372 g/mol. The average molecular weight is 401 g/mol. The molecule has 0 aromatic heterocycles. The maximum Gasteiger partial charge on any atom is 0.221 e. The molecule has 2 aromatic carbocycles. The number of piperidine rings is 1. The van der Waals surface area contributed by atoms with E-state index in [1.54, 1.807) is 24.3 Å². The first-order chi connectivity index (χ1) is 13.4. The lowest BCUT2D eigenvalue weighted by Gasteiger charge is -2.32. The average Bonchev–Trinajstić information content (AvgIpc) is 2.69. The minimum Gasteiger partial charge on any atom is -0.353 e. The van der Waals surface area contributed by atoms with Crippen molar-refractivity contribution in [1.29, 1.82) is 0 Å². The predicted octanol–water partition coefficient (Wildman–Crippen LogP) is 2.94. The largest absolute Gasteiger partial charge is 0.353 e. The normalized spacial score (nSPS) is 16.0. The van der Waals surface area contributed by atoms with Crippen molar-refractivity contribution >= 4 is 15.7 Å². The van der Waals surface area contributed by atoms with Crippen LogP contribution in [0.25, 0.3) is 0 Å². The number of carbonyl (C=O) groups excluding carboxylic acids is 1.